The van der Waals surface area contributed by atoms with Gasteiger partial charge in [0.25, 0.3) is 0 Å². The van der Waals surface area contributed by atoms with Gasteiger partial charge in [-0.1, -0.05) is 19.3 Å². The number of aliphatic hydroxyl groups is 1. The Bertz CT molecular complexity index is 444. The summed E-state index contributed by atoms with van der Waals surface area (Å²) in [5.41, 5.74) is 2.22. The van der Waals surface area contributed by atoms with Crippen LogP contribution in [0.2, 0.25) is 0 Å². The summed E-state index contributed by atoms with van der Waals surface area (Å²) >= 11 is 0. The third-order valence-electron chi connectivity index (χ3n) is 4.73. The normalized spacial score (nSPS) is 19.4. The third kappa shape index (κ3) is 4.48. The lowest BCUT2D eigenvalue weighted by molar-refractivity contribution is 0.198. The minimum absolute atomic E-state index is 0.226. The summed E-state index contributed by atoms with van der Waals surface area (Å²) in [5.74, 6) is 1.52. The SMILES string of the molecule is Cc1ncc(C(C)NC(CCO)C2CCCCC2)c(C)n1. The van der Waals surface area contributed by atoms with Gasteiger partial charge in [-0.2, -0.15) is 0 Å². The van der Waals surface area contributed by atoms with Gasteiger partial charge in [0.15, 0.2) is 0 Å². The molecular formula is C17H29N3O. The van der Waals surface area contributed by atoms with E-state index in [9.17, 15) is 5.11 Å². The van der Waals surface area contributed by atoms with E-state index in [0.29, 0.717) is 12.0 Å². The molecular weight excluding hydrogens is 262 g/mol. The number of aliphatic hydroxyl groups excluding tert-OH is 1. The second kappa shape index (κ2) is 7.85. The Morgan fingerprint density at radius 3 is 2.62 bits per heavy atom. The highest BCUT2D eigenvalue weighted by Crippen LogP contribution is 2.29. The van der Waals surface area contributed by atoms with Crippen molar-refractivity contribution < 1.29 is 5.11 Å². The van der Waals surface area contributed by atoms with E-state index in [2.05, 4.69) is 22.2 Å². The molecule has 2 atom stereocenters. The molecule has 1 fully saturated rings. The molecule has 0 spiro atoms. The number of hydrogen-bond donors (Lipinski definition) is 2. The van der Waals surface area contributed by atoms with Gasteiger partial charge < -0.3 is 10.4 Å². The van der Waals surface area contributed by atoms with Crippen molar-refractivity contribution >= 4 is 0 Å². The molecule has 0 aliphatic heterocycles. The van der Waals surface area contributed by atoms with Crippen molar-refractivity contribution in [2.24, 2.45) is 5.92 Å². The average Bonchev–Trinajstić information content (AvgIpc) is 2.47. The van der Waals surface area contributed by atoms with E-state index >= 15 is 0 Å². The fourth-order valence-corrected chi connectivity index (χ4v) is 3.56. The molecule has 1 aliphatic carbocycles. The van der Waals surface area contributed by atoms with Crippen molar-refractivity contribution in [3.05, 3.63) is 23.3 Å². The number of hydrogen-bond acceptors (Lipinski definition) is 4. The molecule has 2 rings (SSSR count). The van der Waals surface area contributed by atoms with E-state index < -0.39 is 0 Å². The molecule has 1 aromatic rings. The van der Waals surface area contributed by atoms with E-state index in [1.807, 2.05) is 20.0 Å². The van der Waals surface area contributed by atoms with Crippen LogP contribution in [-0.2, 0) is 0 Å². The fraction of sp³-hybridized carbons (Fsp3) is 0.765. The van der Waals surface area contributed by atoms with Crippen LogP contribution >= 0.6 is 0 Å². The van der Waals surface area contributed by atoms with Gasteiger partial charge in [0.1, 0.15) is 5.82 Å². The summed E-state index contributed by atoms with van der Waals surface area (Å²) in [4.78, 5) is 8.79. The molecule has 1 aliphatic rings. The van der Waals surface area contributed by atoms with Crippen LogP contribution in [0, 0.1) is 19.8 Å². The first-order chi connectivity index (χ1) is 10.1. The molecule has 21 heavy (non-hydrogen) atoms. The van der Waals surface area contributed by atoms with Crippen LogP contribution in [0.4, 0.5) is 0 Å². The Balaban J connectivity index is 2.04. The minimum atomic E-state index is 0.226. The second-order valence-electron chi connectivity index (χ2n) is 6.36. The number of nitrogens with one attached hydrogen (secondary N) is 1. The van der Waals surface area contributed by atoms with Crippen LogP contribution in [-0.4, -0.2) is 27.7 Å². The topological polar surface area (TPSA) is 58.0 Å². The molecule has 0 radical (unpaired) electrons. The van der Waals surface area contributed by atoms with Gasteiger partial charge in [-0.05, 0) is 46.0 Å². The highest BCUT2D eigenvalue weighted by atomic mass is 16.3. The Hall–Kier alpha value is -1.00. The van der Waals surface area contributed by atoms with Gasteiger partial charge in [0, 0.05) is 36.1 Å². The standard InChI is InChI=1S/C17H29N3O/c1-12-16(11-18-14(3)19-12)13(2)20-17(9-10-21)15-7-5-4-6-8-15/h11,13,15,17,20-21H,4-10H2,1-3H3. The quantitative estimate of drug-likeness (QED) is 0.845. The lowest BCUT2D eigenvalue weighted by Gasteiger charge is -2.33. The van der Waals surface area contributed by atoms with Crippen LogP contribution in [0.25, 0.3) is 0 Å². The van der Waals surface area contributed by atoms with Gasteiger partial charge in [-0.3, -0.25) is 0 Å². The van der Waals surface area contributed by atoms with Gasteiger partial charge in [-0.15, -0.1) is 0 Å². The zero-order valence-corrected chi connectivity index (χ0v) is 13.6. The molecule has 0 bridgehead atoms. The molecule has 1 heterocycles. The van der Waals surface area contributed by atoms with Crippen molar-refractivity contribution in [2.75, 3.05) is 6.61 Å². The number of aromatic nitrogens is 2. The second-order valence-corrected chi connectivity index (χ2v) is 6.36. The van der Waals surface area contributed by atoms with E-state index in [1.54, 1.807) is 0 Å². The average molecular weight is 291 g/mol. The van der Waals surface area contributed by atoms with Crippen LogP contribution in [0.5, 0.6) is 0 Å². The first-order valence-corrected chi connectivity index (χ1v) is 8.29. The Labute approximate surface area is 128 Å². The molecule has 118 valence electrons. The summed E-state index contributed by atoms with van der Waals surface area (Å²) < 4.78 is 0. The molecule has 2 unspecified atom stereocenters. The predicted molar refractivity (Wildman–Crippen MR) is 85.1 cm³/mol. The van der Waals surface area contributed by atoms with Crippen molar-refractivity contribution in [3.63, 3.8) is 0 Å². The van der Waals surface area contributed by atoms with Crippen LogP contribution < -0.4 is 5.32 Å². The van der Waals surface area contributed by atoms with Crippen molar-refractivity contribution in [2.45, 2.75) is 71.4 Å². The first kappa shape index (κ1) is 16.4. The number of nitrogens with zero attached hydrogens (tertiary/aromatic N) is 2. The summed E-state index contributed by atoms with van der Waals surface area (Å²) in [6, 6.07) is 0.620. The summed E-state index contributed by atoms with van der Waals surface area (Å²) in [7, 11) is 0. The van der Waals surface area contributed by atoms with Crippen molar-refractivity contribution in [1.82, 2.24) is 15.3 Å². The van der Waals surface area contributed by atoms with E-state index in [4.69, 9.17) is 0 Å². The van der Waals surface area contributed by atoms with Gasteiger partial charge in [0.05, 0.1) is 0 Å². The Morgan fingerprint density at radius 2 is 2.00 bits per heavy atom. The highest BCUT2D eigenvalue weighted by molar-refractivity contribution is 5.19. The smallest absolute Gasteiger partial charge is 0.125 e. The van der Waals surface area contributed by atoms with Crippen LogP contribution in [0.3, 0.4) is 0 Å². The first-order valence-electron chi connectivity index (χ1n) is 8.29. The lowest BCUT2D eigenvalue weighted by Crippen LogP contribution is -2.39. The van der Waals surface area contributed by atoms with E-state index in [-0.39, 0.29) is 12.6 Å². The molecule has 0 amide bonds. The molecule has 0 aromatic carbocycles. The fourth-order valence-electron chi connectivity index (χ4n) is 3.56. The van der Waals surface area contributed by atoms with Gasteiger partial charge >= 0.3 is 0 Å². The van der Waals surface area contributed by atoms with Crippen LogP contribution in [0.1, 0.15) is 68.6 Å². The van der Waals surface area contributed by atoms with Gasteiger partial charge in [-0.25, -0.2) is 9.97 Å². The zero-order valence-electron chi connectivity index (χ0n) is 13.6. The maximum Gasteiger partial charge on any atom is 0.125 e. The predicted octanol–water partition coefficient (Wildman–Crippen LogP) is 3.08. The summed E-state index contributed by atoms with van der Waals surface area (Å²) in [6.07, 6.45) is 9.36. The Kier molecular flexibility index (Phi) is 6.12. The molecule has 4 nitrogen and oxygen atoms in total. The number of aryl methyl sites for hydroxylation is 2. The summed E-state index contributed by atoms with van der Waals surface area (Å²) in [5, 5.41) is 13.1. The van der Waals surface area contributed by atoms with E-state index in [0.717, 1.165) is 17.9 Å². The number of rotatable bonds is 6. The van der Waals surface area contributed by atoms with Gasteiger partial charge in [0.2, 0.25) is 0 Å². The molecule has 1 saturated carbocycles. The maximum atomic E-state index is 9.38. The van der Waals surface area contributed by atoms with E-state index in [1.165, 1.54) is 37.7 Å². The van der Waals surface area contributed by atoms with Crippen LogP contribution in [0.15, 0.2) is 6.20 Å². The Morgan fingerprint density at radius 1 is 1.29 bits per heavy atom. The van der Waals surface area contributed by atoms with Crippen molar-refractivity contribution in [3.8, 4) is 0 Å². The molecule has 1 aromatic heterocycles. The summed E-state index contributed by atoms with van der Waals surface area (Å²) in [6.45, 7) is 6.40. The third-order valence-corrected chi connectivity index (χ3v) is 4.73. The minimum Gasteiger partial charge on any atom is -0.396 e. The highest BCUT2D eigenvalue weighted by Gasteiger charge is 2.25. The monoisotopic (exact) mass is 291 g/mol. The maximum absolute atomic E-state index is 9.38. The molecule has 4 heteroatoms. The zero-order chi connectivity index (χ0) is 15.2. The molecule has 0 saturated heterocycles. The molecule has 2 N–H and O–H groups in total. The lowest BCUT2D eigenvalue weighted by atomic mass is 9.82. The largest absolute Gasteiger partial charge is 0.396 e. The van der Waals surface area contributed by atoms with Crippen molar-refractivity contribution in [1.29, 1.82) is 0 Å².